The fourth-order valence-corrected chi connectivity index (χ4v) is 6.24. The lowest BCUT2D eigenvalue weighted by molar-refractivity contribution is 0.0944. The fraction of sp³-hybridized carbons (Fsp3) is 0.500. The van der Waals surface area contributed by atoms with Crippen LogP contribution in [0.2, 0.25) is 0 Å². The highest BCUT2D eigenvalue weighted by Crippen LogP contribution is 2.63. The highest BCUT2D eigenvalue weighted by atomic mass is 16.5. The maximum Gasteiger partial charge on any atom is 0.251 e. The van der Waals surface area contributed by atoms with Gasteiger partial charge in [0.15, 0.2) is 0 Å². The van der Waals surface area contributed by atoms with Gasteiger partial charge in [-0.3, -0.25) is 4.79 Å². The van der Waals surface area contributed by atoms with Gasteiger partial charge in [0.05, 0.1) is 6.04 Å². The molecule has 0 spiro atoms. The Bertz CT molecular complexity index is 897. The zero-order chi connectivity index (χ0) is 20.5. The van der Waals surface area contributed by atoms with Crippen molar-refractivity contribution in [3.05, 3.63) is 65.2 Å². The number of carbonyl (C=O) groups is 1. The Morgan fingerprint density at radius 1 is 1.13 bits per heavy atom. The SMILES string of the molecule is CCOCCCNC(=O)c1ccc2c(c1)[C@H]1[C@@H]3CC[C@@H](C3)[C@@H]1[C@@H](c1ccccc1)N2. The van der Waals surface area contributed by atoms with Crippen molar-refractivity contribution in [1.29, 1.82) is 0 Å². The number of hydrogen-bond acceptors (Lipinski definition) is 3. The van der Waals surface area contributed by atoms with E-state index in [-0.39, 0.29) is 5.91 Å². The van der Waals surface area contributed by atoms with Crippen LogP contribution in [-0.2, 0) is 4.74 Å². The lowest BCUT2D eigenvalue weighted by Crippen LogP contribution is -2.35. The molecule has 30 heavy (non-hydrogen) atoms. The molecule has 158 valence electrons. The fourth-order valence-electron chi connectivity index (χ4n) is 6.24. The van der Waals surface area contributed by atoms with Crippen molar-refractivity contribution < 1.29 is 9.53 Å². The number of fused-ring (bicyclic) bond motifs is 7. The number of nitrogens with one attached hydrogen (secondary N) is 2. The lowest BCUT2D eigenvalue weighted by atomic mass is 9.68. The summed E-state index contributed by atoms with van der Waals surface area (Å²) in [5.74, 6) is 2.77. The highest BCUT2D eigenvalue weighted by Gasteiger charge is 2.53. The molecule has 1 aliphatic heterocycles. The Morgan fingerprint density at radius 3 is 2.80 bits per heavy atom. The Kier molecular flexibility index (Phi) is 5.51. The van der Waals surface area contributed by atoms with Crippen molar-refractivity contribution >= 4 is 11.6 Å². The molecule has 2 N–H and O–H groups in total. The smallest absolute Gasteiger partial charge is 0.251 e. The standard InChI is InChI=1S/C26H32N2O2/c1-2-30-14-6-13-27-26(29)20-11-12-22-21(16-20)23-18-9-10-19(15-18)24(23)25(28-22)17-7-4-3-5-8-17/h3-5,7-8,11-12,16,18-19,23-25,28H,2,6,9-10,13-15H2,1H3,(H,27,29)/t18-,19+,23-,24+,25-/m1/s1. The van der Waals surface area contributed by atoms with E-state index in [1.54, 1.807) is 0 Å². The van der Waals surface area contributed by atoms with E-state index in [4.69, 9.17) is 4.74 Å². The topological polar surface area (TPSA) is 50.4 Å². The summed E-state index contributed by atoms with van der Waals surface area (Å²) in [5.41, 5.74) is 4.75. The van der Waals surface area contributed by atoms with Crippen LogP contribution in [0.5, 0.6) is 0 Å². The number of rotatable bonds is 7. The van der Waals surface area contributed by atoms with Gasteiger partial charge in [-0.15, -0.1) is 0 Å². The summed E-state index contributed by atoms with van der Waals surface area (Å²) in [5, 5.41) is 6.91. The molecule has 1 heterocycles. The van der Waals surface area contributed by atoms with E-state index in [2.05, 4.69) is 53.1 Å². The van der Waals surface area contributed by atoms with Gasteiger partial charge in [-0.25, -0.2) is 0 Å². The quantitative estimate of drug-likeness (QED) is 0.628. The Morgan fingerprint density at radius 2 is 1.97 bits per heavy atom. The van der Waals surface area contributed by atoms with E-state index in [0.29, 0.717) is 31.0 Å². The molecular weight excluding hydrogens is 372 g/mol. The van der Waals surface area contributed by atoms with Gasteiger partial charge in [0.25, 0.3) is 5.91 Å². The Balaban J connectivity index is 1.39. The molecule has 2 aromatic rings. The molecule has 2 fully saturated rings. The van der Waals surface area contributed by atoms with Crippen molar-refractivity contribution in [2.24, 2.45) is 17.8 Å². The summed E-state index contributed by atoms with van der Waals surface area (Å²) in [6.45, 7) is 4.06. The minimum Gasteiger partial charge on any atom is -0.382 e. The van der Waals surface area contributed by atoms with Gasteiger partial charge in [-0.2, -0.15) is 0 Å². The first-order chi connectivity index (χ1) is 14.8. The van der Waals surface area contributed by atoms with E-state index in [0.717, 1.165) is 30.4 Å². The molecule has 2 aliphatic carbocycles. The minimum absolute atomic E-state index is 0.0270. The van der Waals surface area contributed by atoms with Crippen LogP contribution >= 0.6 is 0 Å². The molecule has 2 aromatic carbocycles. The summed E-state index contributed by atoms with van der Waals surface area (Å²) in [6, 6.07) is 17.5. The average Bonchev–Trinajstić information content (AvgIpc) is 3.41. The Hall–Kier alpha value is -2.33. The molecule has 0 unspecified atom stereocenters. The second-order valence-corrected chi connectivity index (χ2v) is 9.08. The molecule has 4 heteroatoms. The molecule has 0 aromatic heterocycles. The summed E-state index contributed by atoms with van der Waals surface area (Å²) in [6.07, 6.45) is 4.87. The molecule has 5 rings (SSSR count). The van der Waals surface area contributed by atoms with Crippen LogP contribution < -0.4 is 10.6 Å². The van der Waals surface area contributed by atoms with Gasteiger partial charge < -0.3 is 15.4 Å². The van der Waals surface area contributed by atoms with Gasteiger partial charge in [-0.1, -0.05) is 30.3 Å². The molecule has 5 atom stereocenters. The molecular formula is C26H32N2O2. The van der Waals surface area contributed by atoms with Crippen LogP contribution in [0.3, 0.4) is 0 Å². The van der Waals surface area contributed by atoms with Gasteiger partial charge >= 0.3 is 0 Å². The van der Waals surface area contributed by atoms with Gasteiger partial charge in [0.1, 0.15) is 0 Å². The normalized spacial score (nSPS) is 28.5. The number of ether oxygens (including phenoxy) is 1. The third-order valence-corrected chi connectivity index (χ3v) is 7.46. The predicted octanol–water partition coefficient (Wildman–Crippen LogP) is 5.14. The molecule has 2 bridgehead atoms. The highest BCUT2D eigenvalue weighted by molar-refractivity contribution is 5.95. The molecule has 4 nitrogen and oxygen atoms in total. The molecule has 0 saturated heterocycles. The first kappa shape index (κ1) is 19.6. The van der Waals surface area contributed by atoms with E-state index >= 15 is 0 Å². The monoisotopic (exact) mass is 404 g/mol. The van der Waals surface area contributed by atoms with Crippen LogP contribution in [0.15, 0.2) is 48.5 Å². The predicted molar refractivity (Wildman–Crippen MR) is 120 cm³/mol. The van der Waals surface area contributed by atoms with Crippen molar-refractivity contribution in [2.45, 2.75) is 44.6 Å². The molecule has 0 radical (unpaired) electrons. The van der Waals surface area contributed by atoms with Crippen LogP contribution in [0.4, 0.5) is 5.69 Å². The second kappa shape index (κ2) is 8.43. The van der Waals surface area contributed by atoms with E-state index in [1.807, 2.05) is 13.0 Å². The van der Waals surface area contributed by atoms with Crippen molar-refractivity contribution in [2.75, 3.05) is 25.1 Å². The van der Waals surface area contributed by atoms with E-state index in [1.165, 1.54) is 36.1 Å². The maximum absolute atomic E-state index is 12.7. The summed E-state index contributed by atoms with van der Waals surface area (Å²) in [7, 11) is 0. The van der Waals surface area contributed by atoms with E-state index < -0.39 is 0 Å². The maximum atomic E-state index is 12.7. The number of anilines is 1. The molecule has 2 saturated carbocycles. The zero-order valence-corrected chi connectivity index (χ0v) is 17.8. The average molecular weight is 405 g/mol. The second-order valence-electron chi connectivity index (χ2n) is 9.08. The molecule has 3 aliphatic rings. The summed E-state index contributed by atoms with van der Waals surface area (Å²) in [4.78, 5) is 12.7. The number of amides is 1. The van der Waals surface area contributed by atoms with Crippen LogP contribution in [0, 0.1) is 17.8 Å². The van der Waals surface area contributed by atoms with Crippen molar-refractivity contribution in [1.82, 2.24) is 5.32 Å². The first-order valence-electron chi connectivity index (χ1n) is 11.6. The summed E-state index contributed by atoms with van der Waals surface area (Å²) < 4.78 is 5.36. The minimum atomic E-state index is 0.0270. The van der Waals surface area contributed by atoms with E-state index in [9.17, 15) is 4.79 Å². The van der Waals surface area contributed by atoms with Crippen LogP contribution in [-0.4, -0.2) is 25.7 Å². The van der Waals surface area contributed by atoms with Crippen molar-refractivity contribution in [3.8, 4) is 0 Å². The molecule has 1 amide bonds. The van der Waals surface area contributed by atoms with Crippen molar-refractivity contribution in [3.63, 3.8) is 0 Å². The summed E-state index contributed by atoms with van der Waals surface area (Å²) >= 11 is 0. The third kappa shape index (κ3) is 3.51. The van der Waals surface area contributed by atoms with Crippen LogP contribution in [0.1, 0.15) is 66.1 Å². The lowest BCUT2D eigenvalue weighted by Gasteiger charge is -2.43. The number of hydrogen-bond donors (Lipinski definition) is 2. The van der Waals surface area contributed by atoms with Gasteiger partial charge in [0, 0.05) is 31.0 Å². The first-order valence-corrected chi connectivity index (χ1v) is 11.6. The zero-order valence-electron chi connectivity index (χ0n) is 17.8. The third-order valence-electron chi connectivity index (χ3n) is 7.46. The Labute approximate surface area is 179 Å². The van der Waals surface area contributed by atoms with Gasteiger partial charge in [0.2, 0.25) is 0 Å². The van der Waals surface area contributed by atoms with Gasteiger partial charge in [-0.05, 0) is 85.6 Å². The number of benzene rings is 2. The largest absolute Gasteiger partial charge is 0.382 e. The number of carbonyl (C=O) groups excluding carboxylic acids is 1. The van der Waals surface area contributed by atoms with Crippen LogP contribution in [0.25, 0.3) is 0 Å².